The number of benzene rings is 1. The van der Waals surface area contributed by atoms with Gasteiger partial charge in [-0.15, -0.1) is 0 Å². The molecule has 3 rings (SSSR count). The minimum Gasteiger partial charge on any atom is -0.363 e. The Morgan fingerprint density at radius 1 is 1.20 bits per heavy atom. The van der Waals surface area contributed by atoms with E-state index in [1.807, 2.05) is 17.0 Å². The number of carbonyl (C=O) groups is 1. The molecular weight excluding hydrogens is 252 g/mol. The summed E-state index contributed by atoms with van der Waals surface area (Å²) in [7, 11) is 0. The zero-order chi connectivity index (χ0) is 14.0. The Labute approximate surface area is 120 Å². The van der Waals surface area contributed by atoms with E-state index >= 15 is 0 Å². The first kappa shape index (κ1) is 13.6. The molecule has 1 N–H and O–H groups in total. The topological polar surface area (TPSA) is 41.6 Å². The monoisotopic (exact) mass is 274 g/mol. The number of aryl methyl sites for hydroxylation is 1. The van der Waals surface area contributed by atoms with Crippen LogP contribution in [-0.4, -0.2) is 37.7 Å². The zero-order valence-electron chi connectivity index (χ0n) is 12.0. The van der Waals surface area contributed by atoms with E-state index in [-0.39, 0.29) is 18.1 Å². The highest BCUT2D eigenvalue weighted by Gasteiger charge is 2.40. The van der Waals surface area contributed by atoms with Crippen molar-refractivity contribution < 1.29 is 9.53 Å². The van der Waals surface area contributed by atoms with Crippen molar-refractivity contribution in [2.24, 2.45) is 0 Å². The highest BCUT2D eigenvalue weighted by atomic mass is 16.5. The number of anilines is 1. The molecule has 2 aliphatic heterocycles. The number of nitrogens with one attached hydrogen (secondary N) is 1. The van der Waals surface area contributed by atoms with Crippen molar-refractivity contribution in [1.29, 1.82) is 0 Å². The lowest BCUT2D eigenvalue weighted by Crippen LogP contribution is -2.55. The van der Waals surface area contributed by atoms with Crippen LogP contribution in [0.1, 0.15) is 24.8 Å². The van der Waals surface area contributed by atoms with E-state index in [2.05, 4.69) is 24.4 Å². The third kappa shape index (κ3) is 2.72. The fraction of sp³-hybridized carbons (Fsp3) is 0.562. The maximum Gasteiger partial charge on any atom is 0.253 e. The summed E-state index contributed by atoms with van der Waals surface area (Å²) in [5.74, 6) is 0.0664. The lowest BCUT2D eigenvalue weighted by molar-refractivity contribution is -0.139. The Hall–Kier alpha value is -1.39. The Morgan fingerprint density at radius 2 is 2.00 bits per heavy atom. The molecule has 0 saturated carbocycles. The van der Waals surface area contributed by atoms with Crippen LogP contribution in [0.25, 0.3) is 0 Å². The van der Waals surface area contributed by atoms with Crippen molar-refractivity contribution in [1.82, 2.24) is 5.32 Å². The van der Waals surface area contributed by atoms with Gasteiger partial charge in [-0.05, 0) is 51.4 Å². The first-order chi connectivity index (χ1) is 9.69. The molecule has 1 aromatic rings. The number of amides is 1. The molecule has 1 amide bonds. The average molecular weight is 274 g/mol. The van der Waals surface area contributed by atoms with Crippen LogP contribution < -0.4 is 10.2 Å². The number of rotatable bonds is 1. The summed E-state index contributed by atoms with van der Waals surface area (Å²) in [4.78, 5) is 14.1. The number of nitrogens with zero attached hydrogens (tertiary/aromatic N) is 1. The molecule has 2 heterocycles. The third-order valence-corrected chi connectivity index (χ3v) is 4.34. The van der Waals surface area contributed by atoms with Gasteiger partial charge in [0.1, 0.15) is 6.61 Å². The van der Waals surface area contributed by atoms with Gasteiger partial charge in [0.15, 0.2) is 0 Å². The zero-order valence-corrected chi connectivity index (χ0v) is 12.0. The number of ether oxygens (including phenoxy) is 1. The van der Waals surface area contributed by atoms with Gasteiger partial charge in [0, 0.05) is 5.69 Å². The van der Waals surface area contributed by atoms with Crippen molar-refractivity contribution >= 4 is 11.6 Å². The van der Waals surface area contributed by atoms with Crippen LogP contribution in [0.4, 0.5) is 5.69 Å². The molecule has 4 nitrogen and oxygen atoms in total. The second kappa shape index (κ2) is 5.54. The minimum absolute atomic E-state index is 0.0664. The van der Waals surface area contributed by atoms with Gasteiger partial charge in [0.2, 0.25) is 0 Å². The Bertz CT molecular complexity index is 476. The van der Waals surface area contributed by atoms with E-state index in [1.54, 1.807) is 0 Å². The van der Waals surface area contributed by atoms with Crippen molar-refractivity contribution in [3.8, 4) is 0 Å². The van der Waals surface area contributed by atoms with Gasteiger partial charge in [-0.3, -0.25) is 4.79 Å². The second-order valence-electron chi connectivity index (χ2n) is 5.89. The van der Waals surface area contributed by atoms with Gasteiger partial charge in [-0.25, -0.2) is 0 Å². The SMILES string of the molecule is Cc1ccc(N2CC3(CCCNCC3)OCC2=O)cc1. The van der Waals surface area contributed by atoms with Crippen molar-refractivity contribution in [2.45, 2.75) is 31.8 Å². The summed E-state index contributed by atoms with van der Waals surface area (Å²) in [5, 5.41) is 3.41. The summed E-state index contributed by atoms with van der Waals surface area (Å²) in [5.41, 5.74) is 2.03. The molecule has 0 aliphatic carbocycles. The highest BCUT2D eigenvalue weighted by Crippen LogP contribution is 2.31. The standard InChI is InChI=1S/C16H22N2O2/c1-13-3-5-14(6-4-13)18-12-16(20-11-15(18)19)7-2-9-17-10-8-16/h3-6,17H,2,7-12H2,1H3. The first-order valence-corrected chi connectivity index (χ1v) is 7.40. The third-order valence-electron chi connectivity index (χ3n) is 4.34. The highest BCUT2D eigenvalue weighted by molar-refractivity contribution is 5.95. The summed E-state index contributed by atoms with van der Waals surface area (Å²) in [6.45, 7) is 4.95. The molecule has 0 radical (unpaired) electrons. The van der Waals surface area contributed by atoms with Gasteiger partial charge in [0.25, 0.3) is 5.91 Å². The predicted octanol–water partition coefficient (Wildman–Crippen LogP) is 1.87. The van der Waals surface area contributed by atoms with Crippen LogP contribution in [0.5, 0.6) is 0 Å². The van der Waals surface area contributed by atoms with E-state index in [0.717, 1.165) is 38.0 Å². The van der Waals surface area contributed by atoms with Crippen molar-refractivity contribution in [3.63, 3.8) is 0 Å². The normalized spacial score (nSPS) is 27.6. The van der Waals surface area contributed by atoms with Crippen LogP contribution in [0, 0.1) is 6.92 Å². The molecule has 1 spiro atoms. The van der Waals surface area contributed by atoms with Gasteiger partial charge in [-0.2, -0.15) is 0 Å². The summed E-state index contributed by atoms with van der Waals surface area (Å²) >= 11 is 0. The van der Waals surface area contributed by atoms with Gasteiger partial charge >= 0.3 is 0 Å². The Morgan fingerprint density at radius 3 is 2.80 bits per heavy atom. The fourth-order valence-electron chi connectivity index (χ4n) is 3.08. The minimum atomic E-state index is -0.164. The Balaban J connectivity index is 1.82. The fourth-order valence-corrected chi connectivity index (χ4v) is 3.08. The molecule has 2 aliphatic rings. The van der Waals surface area contributed by atoms with E-state index in [1.165, 1.54) is 5.56 Å². The van der Waals surface area contributed by atoms with Crippen LogP contribution in [0.3, 0.4) is 0 Å². The molecule has 2 saturated heterocycles. The van der Waals surface area contributed by atoms with Crippen molar-refractivity contribution in [2.75, 3.05) is 31.1 Å². The predicted molar refractivity (Wildman–Crippen MR) is 78.9 cm³/mol. The van der Waals surface area contributed by atoms with Gasteiger partial charge in [-0.1, -0.05) is 17.7 Å². The number of morpholine rings is 1. The molecule has 108 valence electrons. The summed E-state index contributed by atoms with van der Waals surface area (Å²) in [6, 6.07) is 8.17. The number of hydrogen-bond acceptors (Lipinski definition) is 3. The molecule has 4 heteroatoms. The van der Waals surface area contributed by atoms with E-state index in [0.29, 0.717) is 6.54 Å². The van der Waals surface area contributed by atoms with Crippen LogP contribution in [0.2, 0.25) is 0 Å². The first-order valence-electron chi connectivity index (χ1n) is 7.40. The van der Waals surface area contributed by atoms with Gasteiger partial charge in [0.05, 0.1) is 12.1 Å². The molecule has 20 heavy (non-hydrogen) atoms. The summed E-state index contributed by atoms with van der Waals surface area (Å²) < 4.78 is 5.94. The molecule has 1 unspecified atom stereocenters. The molecular formula is C16H22N2O2. The van der Waals surface area contributed by atoms with Crippen LogP contribution >= 0.6 is 0 Å². The van der Waals surface area contributed by atoms with Crippen molar-refractivity contribution in [3.05, 3.63) is 29.8 Å². The molecule has 0 aromatic heterocycles. The van der Waals surface area contributed by atoms with Crippen LogP contribution in [0.15, 0.2) is 24.3 Å². The molecule has 1 aromatic carbocycles. The van der Waals surface area contributed by atoms with E-state index in [9.17, 15) is 4.79 Å². The Kier molecular flexibility index (Phi) is 3.76. The second-order valence-corrected chi connectivity index (χ2v) is 5.89. The average Bonchev–Trinajstić information content (AvgIpc) is 2.69. The molecule has 1 atom stereocenters. The van der Waals surface area contributed by atoms with E-state index < -0.39 is 0 Å². The lowest BCUT2D eigenvalue weighted by Gasteiger charge is -2.42. The summed E-state index contributed by atoms with van der Waals surface area (Å²) in [6.07, 6.45) is 3.11. The van der Waals surface area contributed by atoms with Gasteiger partial charge < -0.3 is 15.0 Å². The quantitative estimate of drug-likeness (QED) is 0.850. The smallest absolute Gasteiger partial charge is 0.253 e. The number of hydrogen-bond donors (Lipinski definition) is 1. The van der Waals surface area contributed by atoms with E-state index in [4.69, 9.17) is 4.74 Å². The molecule has 0 bridgehead atoms. The largest absolute Gasteiger partial charge is 0.363 e. The maximum absolute atomic E-state index is 12.2. The van der Waals surface area contributed by atoms with Crippen LogP contribution in [-0.2, 0) is 9.53 Å². The lowest BCUT2D eigenvalue weighted by atomic mass is 9.92. The number of carbonyl (C=O) groups excluding carboxylic acids is 1. The molecule has 2 fully saturated rings. The maximum atomic E-state index is 12.2.